The topological polar surface area (TPSA) is 114 Å². The summed E-state index contributed by atoms with van der Waals surface area (Å²) >= 11 is 0. The minimum Gasteiger partial charge on any atom is -0.493 e. The lowest BCUT2D eigenvalue weighted by Crippen LogP contribution is -2.45. The van der Waals surface area contributed by atoms with Crippen LogP contribution in [0.5, 0.6) is 11.5 Å². The van der Waals surface area contributed by atoms with Gasteiger partial charge in [0.2, 0.25) is 5.91 Å². The van der Waals surface area contributed by atoms with Crippen LogP contribution in [0.25, 0.3) is 0 Å². The Bertz CT molecular complexity index is 789. The SMILES string of the molecule is COc1cc(CNC(=O)CCCC/C=C/C(C)C)ccc1OC(=O)N[C@H](C(=O)O)C(C)C. The summed E-state index contributed by atoms with van der Waals surface area (Å²) in [5, 5.41) is 14.4. The molecule has 0 bridgehead atoms. The molecule has 1 aromatic carbocycles. The van der Waals surface area contributed by atoms with Gasteiger partial charge in [-0.2, -0.15) is 0 Å². The van der Waals surface area contributed by atoms with Crippen molar-refractivity contribution < 1.29 is 29.0 Å². The van der Waals surface area contributed by atoms with Crippen LogP contribution < -0.4 is 20.1 Å². The molecule has 0 spiro atoms. The van der Waals surface area contributed by atoms with Crippen LogP contribution in [0.15, 0.2) is 30.4 Å². The third kappa shape index (κ3) is 10.3. The van der Waals surface area contributed by atoms with Gasteiger partial charge in [0.25, 0.3) is 0 Å². The molecule has 3 N–H and O–H groups in total. The number of amides is 2. The fourth-order valence-electron chi connectivity index (χ4n) is 2.88. The first-order valence-electron chi connectivity index (χ1n) is 11.0. The molecule has 0 saturated carbocycles. The van der Waals surface area contributed by atoms with Gasteiger partial charge in [0.15, 0.2) is 11.5 Å². The fourth-order valence-corrected chi connectivity index (χ4v) is 2.88. The van der Waals surface area contributed by atoms with Gasteiger partial charge in [0.05, 0.1) is 7.11 Å². The average Bonchev–Trinajstić information content (AvgIpc) is 2.73. The molecule has 1 atom stereocenters. The van der Waals surface area contributed by atoms with E-state index in [0.29, 0.717) is 24.6 Å². The minimum atomic E-state index is -1.14. The number of carbonyl (C=O) groups excluding carboxylic acids is 2. The lowest BCUT2D eigenvalue weighted by Gasteiger charge is -2.18. The van der Waals surface area contributed by atoms with E-state index in [9.17, 15) is 19.5 Å². The minimum absolute atomic E-state index is 0.0232. The van der Waals surface area contributed by atoms with E-state index in [1.807, 2.05) is 0 Å². The zero-order valence-electron chi connectivity index (χ0n) is 19.6. The van der Waals surface area contributed by atoms with Crippen molar-refractivity contribution in [3.05, 3.63) is 35.9 Å². The maximum atomic E-state index is 12.1. The van der Waals surface area contributed by atoms with Gasteiger partial charge in [0, 0.05) is 13.0 Å². The molecule has 0 fully saturated rings. The number of nitrogens with one attached hydrogen (secondary N) is 2. The quantitative estimate of drug-likeness (QED) is 0.307. The first-order valence-corrected chi connectivity index (χ1v) is 11.0. The second-order valence-electron chi connectivity index (χ2n) is 8.27. The molecule has 8 nitrogen and oxygen atoms in total. The number of rotatable bonds is 13. The zero-order chi connectivity index (χ0) is 24.1. The number of benzene rings is 1. The third-order valence-electron chi connectivity index (χ3n) is 4.67. The largest absolute Gasteiger partial charge is 0.493 e. The second kappa shape index (κ2) is 14.1. The molecule has 32 heavy (non-hydrogen) atoms. The lowest BCUT2D eigenvalue weighted by molar-refractivity contribution is -0.140. The van der Waals surface area contributed by atoms with Crippen molar-refractivity contribution in [2.24, 2.45) is 11.8 Å². The van der Waals surface area contributed by atoms with Crippen molar-refractivity contribution in [3.8, 4) is 11.5 Å². The predicted molar refractivity (Wildman–Crippen MR) is 123 cm³/mol. The first kappa shape index (κ1) is 27.0. The molecule has 0 aromatic heterocycles. The van der Waals surface area contributed by atoms with E-state index in [4.69, 9.17) is 9.47 Å². The van der Waals surface area contributed by atoms with Crippen LogP contribution >= 0.6 is 0 Å². The van der Waals surface area contributed by atoms with Crippen LogP contribution in [0.1, 0.15) is 58.9 Å². The molecule has 1 rings (SSSR count). The number of unbranched alkanes of at least 4 members (excludes halogenated alkanes) is 2. The fraction of sp³-hybridized carbons (Fsp3) is 0.542. The molecule has 0 saturated heterocycles. The Morgan fingerprint density at radius 2 is 1.81 bits per heavy atom. The molecule has 0 aliphatic carbocycles. The number of carboxylic acids is 1. The number of aliphatic carboxylic acids is 1. The van der Waals surface area contributed by atoms with Crippen molar-refractivity contribution in [2.45, 2.75) is 66.0 Å². The van der Waals surface area contributed by atoms with Crippen molar-refractivity contribution in [3.63, 3.8) is 0 Å². The van der Waals surface area contributed by atoms with Crippen molar-refractivity contribution >= 4 is 18.0 Å². The number of carbonyl (C=O) groups is 3. The van der Waals surface area contributed by atoms with Crippen molar-refractivity contribution in [2.75, 3.05) is 7.11 Å². The molecule has 0 aliphatic rings. The summed E-state index contributed by atoms with van der Waals surface area (Å²) < 4.78 is 10.5. The Morgan fingerprint density at radius 3 is 2.41 bits per heavy atom. The van der Waals surface area contributed by atoms with Crippen LogP contribution in [0.3, 0.4) is 0 Å². The molecule has 0 aliphatic heterocycles. The number of ether oxygens (including phenoxy) is 2. The number of allylic oxidation sites excluding steroid dienone is 2. The predicted octanol–water partition coefficient (Wildman–Crippen LogP) is 4.28. The van der Waals surface area contributed by atoms with E-state index in [-0.39, 0.29) is 17.6 Å². The third-order valence-corrected chi connectivity index (χ3v) is 4.67. The molecule has 8 heteroatoms. The normalized spacial score (nSPS) is 12.1. The molecule has 0 radical (unpaired) electrons. The molecule has 0 unspecified atom stereocenters. The highest BCUT2D eigenvalue weighted by Gasteiger charge is 2.24. The molecule has 178 valence electrons. The van der Waals surface area contributed by atoms with Gasteiger partial charge in [-0.3, -0.25) is 4.79 Å². The van der Waals surface area contributed by atoms with Crippen LogP contribution in [0.2, 0.25) is 0 Å². The van der Waals surface area contributed by atoms with E-state index in [2.05, 4.69) is 36.6 Å². The highest BCUT2D eigenvalue weighted by molar-refractivity contribution is 5.81. The standard InChI is InChI=1S/C24H36N2O6/c1-16(2)10-8-6-7-9-11-21(27)25-15-18-12-13-19(20(14-18)31-5)32-24(30)26-22(17(3)4)23(28)29/h8,10,12-14,16-17,22H,6-7,9,11,15H2,1-5H3,(H,25,27)(H,26,30)(H,28,29)/b10-8+/t22-/m0/s1. The average molecular weight is 449 g/mol. The number of carboxylic acid groups (broad SMARTS) is 1. The summed E-state index contributed by atoms with van der Waals surface area (Å²) in [6, 6.07) is 3.86. The van der Waals surface area contributed by atoms with Gasteiger partial charge in [-0.1, -0.05) is 45.9 Å². The van der Waals surface area contributed by atoms with Crippen molar-refractivity contribution in [1.82, 2.24) is 10.6 Å². The lowest BCUT2D eigenvalue weighted by atomic mass is 10.1. The second-order valence-corrected chi connectivity index (χ2v) is 8.27. The maximum absolute atomic E-state index is 12.1. The Morgan fingerprint density at radius 1 is 1.09 bits per heavy atom. The summed E-state index contributed by atoms with van der Waals surface area (Å²) in [6.45, 7) is 7.96. The summed E-state index contributed by atoms with van der Waals surface area (Å²) in [7, 11) is 1.43. The Hall–Kier alpha value is -3.03. The highest BCUT2D eigenvalue weighted by atomic mass is 16.6. The number of hydrogen-bond donors (Lipinski definition) is 3. The monoisotopic (exact) mass is 448 g/mol. The number of hydrogen-bond acceptors (Lipinski definition) is 5. The number of methoxy groups -OCH3 is 1. The molecule has 2 amide bonds. The van der Waals surface area contributed by atoms with Crippen LogP contribution in [-0.2, 0) is 16.1 Å². The van der Waals surface area contributed by atoms with Crippen molar-refractivity contribution in [1.29, 1.82) is 0 Å². The highest BCUT2D eigenvalue weighted by Crippen LogP contribution is 2.28. The molecular weight excluding hydrogens is 412 g/mol. The Labute approximate surface area is 190 Å². The van der Waals surface area contributed by atoms with Gasteiger partial charge >= 0.3 is 12.1 Å². The van der Waals surface area contributed by atoms with E-state index in [1.165, 1.54) is 7.11 Å². The summed E-state index contributed by atoms with van der Waals surface area (Å²) in [4.78, 5) is 35.4. The van der Waals surface area contributed by atoms with Crippen LogP contribution in [0, 0.1) is 11.8 Å². The molecule has 1 aromatic rings. The van der Waals surface area contributed by atoms with E-state index >= 15 is 0 Å². The maximum Gasteiger partial charge on any atom is 0.413 e. The molecular formula is C24H36N2O6. The smallest absolute Gasteiger partial charge is 0.413 e. The van der Waals surface area contributed by atoms with E-state index < -0.39 is 18.1 Å². The van der Waals surface area contributed by atoms with Crippen LogP contribution in [0.4, 0.5) is 4.79 Å². The summed E-state index contributed by atoms with van der Waals surface area (Å²) in [5.74, 6) is -0.456. The van der Waals surface area contributed by atoms with Gasteiger partial charge in [-0.15, -0.1) is 0 Å². The Balaban J connectivity index is 2.54. The van der Waals surface area contributed by atoms with Crippen LogP contribution in [-0.4, -0.2) is 36.2 Å². The van der Waals surface area contributed by atoms with Gasteiger partial charge in [0.1, 0.15) is 6.04 Å². The van der Waals surface area contributed by atoms with E-state index in [1.54, 1.807) is 32.0 Å². The summed E-state index contributed by atoms with van der Waals surface area (Å²) in [6.07, 6.45) is 6.68. The summed E-state index contributed by atoms with van der Waals surface area (Å²) in [5.41, 5.74) is 0.786. The van der Waals surface area contributed by atoms with E-state index in [0.717, 1.165) is 24.8 Å². The van der Waals surface area contributed by atoms with Gasteiger partial charge in [-0.05, 0) is 48.8 Å². The Kier molecular flexibility index (Phi) is 11.9. The zero-order valence-corrected chi connectivity index (χ0v) is 19.6. The van der Waals surface area contributed by atoms with Gasteiger partial charge in [-0.25, -0.2) is 9.59 Å². The molecule has 0 heterocycles. The van der Waals surface area contributed by atoms with Gasteiger partial charge < -0.3 is 25.2 Å². The first-order chi connectivity index (χ1) is 15.1.